The largest absolute Gasteiger partial charge is 0.478 e. The number of carboxylic acids is 1. The van der Waals surface area contributed by atoms with Gasteiger partial charge < -0.3 is 15.9 Å². The second-order valence-corrected chi connectivity index (χ2v) is 3.89. The number of carbonyl (C=O) groups is 1. The highest BCUT2D eigenvalue weighted by Gasteiger charge is 2.03. The van der Waals surface area contributed by atoms with Crippen LogP contribution < -0.4 is 5.73 Å². The van der Waals surface area contributed by atoms with Crippen molar-refractivity contribution in [2.45, 2.75) is 0 Å². The van der Waals surface area contributed by atoms with Crippen LogP contribution in [0.5, 0.6) is 0 Å². The summed E-state index contributed by atoms with van der Waals surface area (Å²) in [6.45, 7) is 0.106. The maximum absolute atomic E-state index is 10.3. The van der Waals surface area contributed by atoms with Crippen LogP contribution in [0.1, 0.15) is 15.9 Å². The molecule has 2 aromatic rings. The number of hydrogen-bond acceptors (Lipinski definition) is 3. The van der Waals surface area contributed by atoms with Crippen LogP contribution in [0, 0.1) is 0 Å². The van der Waals surface area contributed by atoms with E-state index in [-0.39, 0.29) is 12.2 Å². The molecule has 20 heavy (non-hydrogen) atoms. The maximum atomic E-state index is 10.3. The molecular weight excluding hydrogens is 254 g/mol. The zero-order chi connectivity index (χ0) is 14.8. The van der Waals surface area contributed by atoms with Gasteiger partial charge in [0.05, 0.1) is 12.2 Å². The average Bonchev–Trinajstić information content (AvgIpc) is 2.47. The SMILES string of the molecule is Nc1ccccc1C(=O)O.OCC=Cc1ccccc1. The van der Waals surface area contributed by atoms with Crippen LogP contribution in [0.2, 0.25) is 0 Å². The predicted molar refractivity (Wildman–Crippen MR) is 80.4 cm³/mol. The van der Waals surface area contributed by atoms with Crippen molar-refractivity contribution in [3.05, 3.63) is 71.8 Å². The molecular formula is C16H17NO3. The van der Waals surface area contributed by atoms with E-state index in [1.807, 2.05) is 36.4 Å². The Balaban J connectivity index is 0.000000200. The number of para-hydroxylation sites is 1. The summed E-state index contributed by atoms with van der Waals surface area (Å²) in [7, 11) is 0. The number of aromatic carboxylic acids is 1. The maximum Gasteiger partial charge on any atom is 0.337 e. The van der Waals surface area contributed by atoms with Gasteiger partial charge >= 0.3 is 5.97 Å². The first-order valence-corrected chi connectivity index (χ1v) is 6.05. The molecule has 0 aliphatic rings. The smallest absolute Gasteiger partial charge is 0.337 e. The molecule has 104 valence electrons. The Labute approximate surface area is 117 Å². The van der Waals surface area contributed by atoms with Crippen LogP contribution >= 0.6 is 0 Å². The molecule has 0 bridgehead atoms. The number of anilines is 1. The molecule has 0 aromatic heterocycles. The standard InChI is InChI=1S/C9H10O.C7H7NO2/c10-8-4-7-9-5-2-1-3-6-9;8-6-4-2-1-3-5(6)7(9)10/h1-7,10H,8H2;1-4H,8H2,(H,9,10). The van der Waals surface area contributed by atoms with Gasteiger partial charge in [-0.3, -0.25) is 0 Å². The lowest BCUT2D eigenvalue weighted by atomic mass is 10.2. The summed E-state index contributed by atoms with van der Waals surface area (Å²) in [5.41, 5.74) is 6.92. The number of hydrogen-bond donors (Lipinski definition) is 3. The number of benzene rings is 2. The summed E-state index contributed by atoms with van der Waals surface area (Å²) < 4.78 is 0. The third-order valence-electron chi connectivity index (χ3n) is 2.41. The van der Waals surface area contributed by atoms with Crippen LogP contribution in [-0.4, -0.2) is 22.8 Å². The topological polar surface area (TPSA) is 83.6 Å². The third-order valence-corrected chi connectivity index (χ3v) is 2.41. The van der Waals surface area contributed by atoms with Crippen molar-refractivity contribution in [1.82, 2.24) is 0 Å². The fraction of sp³-hybridized carbons (Fsp3) is 0.0625. The molecule has 0 unspecified atom stereocenters. The van der Waals surface area contributed by atoms with Crippen molar-refractivity contribution < 1.29 is 15.0 Å². The van der Waals surface area contributed by atoms with Crippen molar-refractivity contribution in [2.24, 2.45) is 0 Å². The van der Waals surface area contributed by atoms with E-state index in [0.29, 0.717) is 5.69 Å². The molecule has 0 saturated heterocycles. The van der Waals surface area contributed by atoms with Crippen molar-refractivity contribution in [3.63, 3.8) is 0 Å². The molecule has 2 aromatic carbocycles. The summed E-state index contributed by atoms with van der Waals surface area (Å²) in [6.07, 6.45) is 3.61. The minimum absolute atomic E-state index is 0.106. The van der Waals surface area contributed by atoms with Crippen molar-refractivity contribution in [2.75, 3.05) is 12.3 Å². The van der Waals surface area contributed by atoms with Gasteiger partial charge in [0.25, 0.3) is 0 Å². The third kappa shape index (κ3) is 5.37. The molecule has 0 spiro atoms. The van der Waals surface area contributed by atoms with E-state index in [1.54, 1.807) is 24.3 Å². The Bertz CT molecular complexity index is 565. The van der Waals surface area contributed by atoms with Gasteiger partial charge in [-0.1, -0.05) is 54.6 Å². The molecule has 0 aliphatic carbocycles. The predicted octanol–water partition coefficient (Wildman–Crippen LogP) is 2.66. The zero-order valence-corrected chi connectivity index (χ0v) is 10.9. The second-order valence-electron chi connectivity index (χ2n) is 3.89. The van der Waals surface area contributed by atoms with Crippen molar-refractivity contribution in [1.29, 1.82) is 0 Å². The Kier molecular flexibility index (Phi) is 6.57. The lowest BCUT2D eigenvalue weighted by Gasteiger charge is -1.96. The highest BCUT2D eigenvalue weighted by molar-refractivity contribution is 5.93. The van der Waals surface area contributed by atoms with Gasteiger partial charge in [-0.05, 0) is 17.7 Å². The number of carboxylic acid groups (broad SMARTS) is 1. The summed E-state index contributed by atoms with van der Waals surface area (Å²) in [5.74, 6) is -0.988. The van der Waals surface area contributed by atoms with Crippen molar-refractivity contribution in [3.8, 4) is 0 Å². The monoisotopic (exact) mass is 271 g/mol. The quantitative estimate of drug-likeness (QED) is 0.749. The number of rotatable bonds is 3. The number of nitrogen functional groups attached to an aromatic ring is 1. The summed E-state index contributed by atoms with van der Waals surface area (Å²) >= 11 is 0. The lowest BCUT2D eigenvalue weighted by Crippen LogP contribution is -2.00. The summed E-state index contributed by atoms with van der Waals surface area (Å²) in [6, 6.07) is 16.3. The molecule has 0 radical (unpaired) electrons. The highest BCUT2D eigenvalue weighted by Crippen LogP contribution is 2.09. The van der Waals surface area contributed by atoms with E-state index in [9.17, 15) is 4.79 Å². The molecule has 4 nitrogen and oxygen atoms in total. The molecule has 2 rings (SSSR count). The Morgan fingerprint density at radius 2 is 1.65 bits per heavy atom. The van der Waals surface area contributed by atoms with Crippen molar-refractivity contribution >= 4 is 17.7 Å². The first-order valence-electron chi connectivity index (χ1n) is 6.05. The fourth-order valence-corrected chi connectivity index (χ4v) is 1.44. The van der Waals surface area contributed by atoms with Gasteiger partial charge in [-0.25, -0.2) is 4.79 Å². The van der Waals surface area contributed by atoms with Crippen LogP contribution in [0.15, 0.2) is 60.7 Å². The average molecular weight is 271 g/mol. The van der Waals surface area contributed by atoms with Gasteiger partial charge in [0.1, 0.15) is 0 Å². The fourth-order valence-electron chi connectivity index (χ4n) is 1.44. The second kappa shape index (κ2) is 8.50. The number of nitrogens with two attached hydrogens (primary N) is 1. The molecule has 0 atom stereocenters. The van der Waals surface area contributed by atoms with E-state index in [1.165, 1.54) is 6.07 Å². The molecule has 0 fully saturated rings. The van der Waals surface area contributed by atoms with E-state index < -0.39 is 5.97 Å². The molecule has 0 amide bonds. The minimum atomic E-state index is -0.988. The highest BCUT2D eigenvalue weighted by atomic mass is 16.4. The molecule has 0 heterocycles. The van der Waals surface area contributed by atoms with E-state index >= 15 is 0 Å². The minimum Gasteiger partial charge on any atom is -0.478 e. The van der Waals surface area contributed by atoms with Gasteiger partial charge in [0.15, 0.2) is 0 Å². The summed E-state index contributed by atoms with van der Waals surface area (Å²) in [5, 5.41) is 16.9. The first-order chi connectivity index (χ1) is 9.65. The normalized spacial score (nSPS) is 9.85. The Morgan fingerprint density at radius 3 is 2.15 bits per heavy atom. The van der Waals surface area contributed by atoms with Gasteiger partial charge in [-0.15, -0.1) is 0 Å². The summed E-state index contributed by atoms with van der Waals surface area (Å²) in [4.78, 5) is 10.3. The molecule has 4 N–H and O–H groups in total. The van der Waals surface area contributed by atoms with Crippen LogP contribution in [0.25, 0.3) is 6.08 Å². The van der Waals surface area contributed by atoms with Gasteiger partial charge in [0.2, 0.25) is 0 Å². The van der Waals surface area contributed by atoms with Crippen LogP contribution in [-0.2, 0) is 0 Å². The lowest BCUT2D eigenvalue weighted by molar-refractivity contribution is 0.0698. The Hall–Kier alpha value is -2.59. The number of aliphatic hydroxyl groups excluding tert-OH is 1. The first kappa shape index (κ1) is 15.5. The number of aliphatic hydroxyl groups is 1. The molecule has 0 saturated carbocycles. The van der Waals surface area contributed by atoms with E-state index in [2.05, 4.69) is 0 Å². The van der Waals surface area contributed by atoms with Crippen LogP contribution in [0.3, 0.4) is 0 Å². The van der Waals surface area contributed by atoms with Gasteiger partial charge in [0, 0.05) is 5.69 Å². The molecule has 0 aliphatic heterocycles. The Morgan fingerprint density at radius 1 is 1.05 bits per heavy atom. The van der Waals surface area contributed by atoms with Crippen LogP contribution in [0.4, 0.5) is 5.69 Å². The van der Waals surface area contributed by atoms with E-state index in [4.69, 9.17) is 15.9 Å². The molecule has 4 heteroatoms. The zero-order valence-electron chi connectivity index (χ0n) is 10.9. The van der Waals surface area contributed by atoms with Gasteiger partial charge in [-0.2, -0.15) is 0 Å². The van der Waals surface area contributed by atoms with E-state index in [0.717, 1.165) is 5.56 Å².